The number of carboxylic acid groups (broad SMARTS) is 1. The lowest BCUT2D eigenvalue weighted by Gasteiger charge is -2.00. The number of carbonyl (C=O) groups is 1. The summed E-state index contributed by atoms with van der Waals surface area (Å²) in [5.74, 6) is -0.864. The van der Waals surface area contributed by atoms with Crippen LogP contribution in [0.4, 0.5) is 0 Å². The fraction of sp³-hybridized carbons (Fsp3) is 0.667. The lowest BCUT2D eigenvalue weighted by atomic mass is 10.1. The standard InChI is InChI=1S/C9H16N2O2/c1-2-3-4-5-7-6-10-11-8(7)9(12)13/h10-11H,2-6H2,1H3,(H,12,13). The molecular weight excluding hydrogens is 168 g/mol. The van der Waals surface area contributed by atoms with Crippen LogP contribution in [0, 0.1) is 0 Å². The van der Waals surface area contributed by atoms with Crippen LogP contribution in [0.1, 0.15) is 32.6 Å². The topological polar surface area (TPSA) is 61.4 Å². The Hall–Kier alpha value is -1.03. The van der Waals surface area contributed by atoms with Gasteiger partial charge < -0.3 is 10.5 Å². The predicted octanol–water partition coefficient (Wildman–Crippen LogP) is 1.01. The first-order chi connectivity index (χ1) is 6.25. The number of unbranched alkanes of at least 4 members (excludes halogenated alkanes) is 2. The van der Waals surface area contributed by atoms with Crippen molar-refractivity contribution in [2.45, 2.75) is 32.6 Å². The lowest BCUT2D eigenvalue weighted by Crippen LogP contribution is -2.26. The van der Waals surface area contributed by atoms with Gasteiger partial charge in [0.05, 0.1) is 0 Å². The van der Waals surface area contributed by atoms with Crippen molar-refractivity contribution in [1.82, 2.24) is 10.9 Å². The van der Waals surface area contributed by atoms with Crippen LogP contribution in [-0.4, -0.2) is 17.6 Å². The number of hydrogen-bond acceptors (Lipinski definition) is 3. The first-order valence-corrected chi connectivity index (χ1v) is 4.70. The minimum atomic E-state index is -0.864. The summed E-state index contributed by atoms with van der Waals surface area (Å²) in [7, 11) is 0. The van der Waals surface area contributed by atoms with Crippen molar-refractivity contribution in [3.8, 4) is 0 Å². The van der Waals surface area contributed by atoms with Crippen molar-refractivity contribution >= 4 is 5.97 Å². The zero-order valence-corrected chi connectivity index (χ0v) is 7.89. The summed E-state index contributed by atoms with van der Waals surface area (Å²) in [6, 6.07) is 0. The van der Waals surface area contributed by atoms with Crippen molar-refractivity contribution in [3.63, 3.8) is 0 Å². The van der Waals surface area contributed by atoms with E-state index in [0.29, 0.717) is 12.2 Å². The molecule has 0 saturated heterocycles. The molecule has 0 atom stereocenters. The van der Waals surface area contributed by atoms with E-state index >= 15 is 0 Å². The van der Waals surface area contributed by atoms with E-state index in [1.807, 2.05) is 0 Å². The summed E-state index contributed by atoms with van der Waals surface area (Å²) in [4.78, 5) is 10.7. The van der Waals surface area contributed by atoms with Crippen LogP contribution in [0.15, 0.2) is 11.3 Å². The van der Waals surface area contributed by atoms with E-state index < -0.39 is 5.97 Å². The molecule has 0 aromatic carbocycles. The average molecular weight is 184 g/mol. The molecule has 1 aliphatic rings. The summed E-state index contributed by atoms with van der Waals surface area (Å²) in [6.45, 7) is 2.79. The SMILES string of the molecule is CCCCCC1=C(C(=O)O)NNC1. The summed E-state index contributed by atoms with van der Waals surface area (Å²) >= 11 is 0. The minimum Gasteiger partial charge on any atom is -0.477 e. The number of hydrogen-bond donors (Lipinski definition) is 3. The number of hydrazine groups is 1. The monoisotopic (exact) mass is 184 g/mol. The first kappa shape index (κ1) is 10.1. The molecule has 0 radical (unpaired) electrons. The van der Waals surface area contributed by atoms with Crippen molar-refractivity contribution in [1.29, 1.82) is 0 Å². The highest BCUT2D eigenvalue weighted by atomic mass is 16.4. The van der Waals surface area contributed by atoms with E-state index in [4.69, 9.17) is 5.11 Å². The van der Waals surface area contributed by atoms with Gasteiger partial charge in [0.1, 0.15) is 5.70 Å². The van der Waals surface area contributed by atoms with Gasteiger partial charge in [-0.05, 0) is 18.4 Å². The highest BCUT2D eigenvalue weighted by Crippen LogP contribution is 2.14. The average Bonchev–Trinajstić information content (AvgIpc) is 2.53. The van der Waals surface area contributed by atoms with Crippen molar-refractivity contribution in [2.24, 2.45) is 0 Å². The molecule has 4 heteroatoms. The molecule has 3 N–H and O–H groups in total. The molecule has 1 aliphatic heterocycles. The first-order valence-electron chi connectivity index (χ1n) is 4.70. The molecule has 0 fully saturated rings. The van der Waals surface area contributed by atoms with E-state index in [0.717, 1.165) is 31.3 Å². The molecule has 0 spiro atoms. The molecule has 74 valence electrons. The molecule has 1 heterocycles. The molecule has 1 rings (SSSR count). The predicted molar refractivity (Wildman–Crippen MR) is 49.9 cm³/mol. The maximum Gasteiger partial charge on any atom is 0.353 e. The van der Waals surface area contributed by atoms with Gasteiger partial charge in [-0.3, -0.25) is 0 Å². The Labute approximate surface area is 78.0 Å². The second kappa shape index (κ2) is 4.87. The van der Waals surface area contributed by atoms with Crippen LogP contribution in [-0.2, 0) is 4.79 Å². The summed E-state index contributed by atoms with van der Waals surface area (Å²) < 4.78 is 0. The number of carboxylic acids is 1. The second-order valence-electron chi connectivity index (χ2n) is 3.22. The number of aliphatic carboxylic acids is 1. The van der Waals surface area contributed by atoms with Gasteiger partial charge in [-0.25, -0.2) is 10.2 Å². The second-order valence-corrected chi connectivity index (χ2v) is 3.22. The van der Waals surface area contributed by atoms with Gasteiger partial charge >= 0.3 is 5.97 Å². The van der Waals surface area contributed by atoms with Gasteiger partial charge in [-0.1, -0.05) is 19.8 Å². The molecule has 0 unspecified atom stereocenters. The Morgan fingerprint density at radius 1 is 1.54 bits per heavy atom. The van der Waals surface area contributed by atoms with E-state index in [9.17, 15) is 4.79 Å². The maximum atomic E-state index is 10.7. The van der Waals surface area contributed by atoms with E-state index in [1.54, 1.807) is 0 Å². The number of nitrogens with one attached hydrogen (secondary N) is 2. The third kappa shape index (κ3) is 2.73. The smallest absolute Gasteiger partial charge is 0.353 e. The highest BCUT2D eigenvalue weighted by molar-refractivity contribution is 5.87. The number of rotatable bonds is 5. The Kier molecular flexibility index (Phi) is 3.76. The Morgan fingerprint density at radius 3 is 2.92 bits per heavy atom. The molecule has 4 nitrogen and oxygen atoms in total. The third-order valence-corrected chi connectivity index (χ3v) is 2.16. The Balaban J connectivity index is 2.45. The minimum absolute atomic E-state index is 0.344. The van der Waals surface area contributed by atoms with Crippen LogP contribution < -0.4 is 10.9 Å². The normalized spacial score (nSPS) is 16.1. The van der Waals surface area contributed by atoms with Crippen LogP contribution in [0.5, 0.6) is 0 Å². The Morgan fingerprint density at radius 2 is 2.31 bits per heavy atom. The third-order valence-electron chi connectivity index (χ3n) is 2.16. The van der Waals surface area contributed by atoms with Gasteiger partial charge in [0.2, 0.25) is 0 Å². The van der Waals surface area contributed by atoms with E-state index in [-0.39, 0.29) is 0 Å². The van der Waals surface area contributed by atoms with Crippen molar-refractivity contribution in [3.05, 3.63) is 11.3 Å². The molecule has 0 amide bonds. The molecular formula is C9H16N2O2. The summed E-state index contributed by atoms with van der Waals surface area (Å²) in [6.07, 6.45) is 4.29. The van der Waals surface area contributed by atoms with Gasteiger partial charge in [0.25, 0.3) is 0 Å². The van der Waals surface area contributed by atoms with Gasteiger partial charge in [0, 0.05) is 6.54 Å². The van der Waals surface area contributed by atoms with Gasteiger partial charge in [-0.2, -0.15) is 0 Å². The molecule has 0 bridgehead atoms. The Bertz CT molecular complexity index is 224. The van der Waals surface area contributed by atoms with Crippen LogP contribution >= 0.6 is 0 Å². The van der Waals surface area contributed by atoms with Gasteiger partial charge in [-0.15, -0.1) is 0 Å². The summed E-state index contributed by atoms with van der Waals surface area (Å²) in [5.41, 5.74) is 6.82. The largest absolute Gasteiger partial charge is 0.477 e. The van der Waals surface area contributed by atoms with E-state index in [2.05, 4.69) is 17.8 Å². The lowest BCUT2D eigenvalue weighted by molar-refractivity contribution is -0.133. The fourth-order valence-corrected chi connectivity index (χ4v) is 1.42. The molecule has 0 aromatic rings. The van der Waals surface area contributed by atoms with Crippen molar-refractivity contribution in [2.75, 3.05) is 6.54 Å². The molecule has 13 heavy (non-hydrogen) atoms. The highest BCUT2D eigenvalue weighted by Gasteiger charge is 2.18. The molecule has 0 aliphatic carbocycles. The quantitative estimate of drug-likeness (QED) is 0.558. The zero-order valence-electron chi connectivity index (χ0n) is 7.89. The van der Waals surface area contributed by atoms with Crippen LogP contribution in [0.3, 0.4) is 0 Å². The maximum absolute atomic E-state index is 10.7. The fourth-order valence-electron chi connectivity index (χ4n) is 1.42. The molecule has 0 saturated carbocycles. The van der Waals surface area contributed by atoms with Crippen molar-refractivity contribution < 1.29 is 9.90 Å². The molecule has 0 aromatic heterocycles. The van der Waals surface area contributed by atoms with Gasteiger partial charge in [0.15, 0.2) is 0 Å². The van der Waals surface area contributed by atoms with E-state index in [1.165, 1.54) is 0 Å². The zero-order chi connectivity index (χ0) is 9.68. The van der Waals surface area contributed by atoms with Crippen LogP contribution in [0.25, 0.3) is 0 Å². The van der Waals surface area contributed by atoms with Crippen LogP contribution in [0.2, 0.25) is 0 Å². The summed E-state index contributed by atoms with van der Waals surface area (Å²) in [5, 5.41) is 8.78.